The second-order valence-corrected chi connectivity index (χ2v) is 8.96. The Morgan fingerprint density at radius 1 is 1.08 bits per heavy atom. The van der Waals surface area contributed by atoms with Crippen LogP contribution in [0.15, 0.2) is 76.5 Å². The molecule has 37 heavy (non-hydrogen) atoms. The molecule has 2 heterocycles. The number of hydrogen-bond acceptors (Lipinski definition) is 7. The van der Waals surface area contributed by atoms with Crippen LogP contribution in [0.5, 0.6) is 17.2 Å². The third-order valence-electron chi connectivity index (χ3n) is 6.37. The molecule has 186 valence electrons. The standard InChI is InChI=1S/C30H26N2O5/c1-4-13-34-24-8-6-5-7-21(24)27-22-12-10-19(15-26(22)37-29(32)23(27)16-31)35-30(33)28-18(3)20-11-9-17(2)14-25(20)36-28/h5-12,14-15,27H,4,13,32H2,1-3H3. The molecule has 1 aliphatic heterocycles. The average Bonchev–Trinajstić information content (AvgIpc) is 3.22. The monoisotopic (exact) mass is 494 g/mol. The van der Waals surface area contributed by atoms with E-state index in [1.807, 2.05) is 63.2 Å². The molecule has 1 unspecified atom stereocenters. The third kappa shape index (κ3) is 4.38. The summed E-state index contributed by atoms with van der Waals surface area (Å²) < 4.78 is 23.2. The molecule has 0 fully saturated rings. The van der Waals surface area contributed by atoms with Crippen LogP contribution < -0.4 is 19.9 Å². The summed E-state index contributed by atoms with van der Waals surface area (Å²) in [5.74, 6) is 0.373. The van der Waals surface area contributed by atoms with Gasteiger partial charge in [0.1, 0.15) is 34.5 Å². The van der Waals surface area contributed by atoms with E-state index in [0.717, 1.165) is 22.9 Å². The number of nitrogens with two attached hydrogens (primary N) is 1. The SMILES string of the molecule is CCCOc1ccccc1C1C(C#N)=C(N)Oc2cc(OC(=O)c3oc4cc(C)ccc4c3C)ccc21. The van der Waals surface area contributed by atoms with Crippen LogP contribution in [0.2, 0.25) is 0 Å². The van der Waals surface area contributed by atoms with Gasteiger partial charge in [0.15, 0.2) is 0 Å². The predicted molar refractivity (Wildman–Crippen MR) is 139 cm³/mol. The van der Waals surface area contributed by atoms with Crippen LogP contribution in [0.1, 0.15) is 52.1 Å². The lowest BCUT2D eigenvalue weighted by Crippen LogP contribution is -2.21. The maximum atomic E-state index is 13.0. The Morgan fingerprint density at radius 2 is 1.89 bits per heavy atom. The lowest BCUT2D eigenvalue weighted by molar-refractivity contribution is 0.0702. The number of nitriles is 1. The largest absolute Gasteiger partial charge is 0.493 e. The van der Waals surface area contributed by atoms with E-state index in [0.29, 0.717) is 34.8 Å². The molecule has 0 amide bonds. The first-order valence-electron chi connectivity index (χ1n) is 12.1. The van der Waals surface area contributed by atoms with Crippen LogP contribution in [0, 0.1) is 25.2 Å². The maximum absolute atomic E-state index is 13.0. The molecule has 0 saturated heterocycles. The van der Waals surface area contributed by atoms with Gasteiger partial charge in [-0.2, -0.15) is 5.26 Å². The van der Waals surface area contributed by atoms with Gasteiger partial charge in [-0.15, -0.1) is 0 Å². The fourth-order valence-electron chi connectivity index (χ4n) is 4.56. The molecule has 1 aliphatic rings. The summed E-state index contributed by atoms with van der Waals surface area (Å²) in [6, 6.07) is 20.6. The molecule has 1 aromatic heterocycles. The summed E-state index contributed by atoms with van der Waals surface area (Å²) in [6.07, 6.45) is 0.848. The molecule has 7 heteroatoms. The van der Waals surface area contributed by atoms with Crippen molar-refractivity contribution in [3.63, 3.8) is 0 Å². The van der Waals surface area contributed by atoms with Gasteiger partial charge in [0, 0.05) is 28.1 Å². The van der Waals surface area contributed by atoms with Gasteiger partial charge in [-0.3, -0.25) is 0 Å². The van der Waals surface area contributed by atoms with E-state index in [-0.39, 0.29) is 23.0 Å². The molecule has 0 spiro atoms. The van der Waals surface area contributed by atoms with Gasteiger partial charge >= 0.3 is 5.97 Å². The van der Waals surface area contributed by atoms with Gasteiger partial charge in [-0.25, -0.2) is 4.79 Å². The van der Waals surface area contributed by atoms with E-state index in [9.17, 15) is 10.1 Å². The zero-order valence-electron chi connectivity index (χ0n) is 20.8. The minimum Gasteiger partial charge on any atom is -0.493 e. The number of carbonyl (C=O) groups excluding carboxylic acids is 1. The molecule has 0 saturated carbocycles. The first-order chi connectivity index (χ1) is 17.9. The average molecular weight is 495 g/mol. The van der Waals surface area contributed by atoms with Gasteiger partial charge in [0.2, 0.25) is 11.6 Å². The topological polar surface area (TPSA) is 108 Å². The Morgan fingerprint density at radius 3 is 2.68 bits per heavy atom. The number of fused-ring (bicyclic) bond motifs is 2. The Kier molecular flexibility index (Phi) is 6.33. The second-order valence-electron chi connectivity index (χ2n) is 8.96. The van der Waals surface area contributed by atoms with Gasteiger partial charge in [0.05, 0.1) is 12.5 Å². The van der Waals surface area contributed by atoms with E-state index in [2.05, 4.69) is 6.07 Å². The Balaban J connectivity index is 1.50. The molecule has 7 nitrogen and oxygen atoms in total. The Hall–Kier alpha value is -4.70. The van der Waals surface area contributed by atoms with Crippen molar-refractivity contribution < 1.29 is 23.4 Å². The number of aryl methyl sites for hydroxylation is 2. The normalized spacial score (nSPS) is 14.6. The van der Waals surface area contributed by atoms with Crippen molar-refractivity contribution in [2.75, 3.05) is 6.61 Å². The first kappa shape index (κ1) is 24.0. The van der Waals surface area contributed by atoms with Gasteiger partial charge in [0.25, 0.3) is 0 Å². The summed E-state index contributed by atoms with van der Waals surface area (Å²) >= 11 is 0. The number of ether oxygens (including phenoxy) is 3. The number of allylic oxidation sites excluding steroid dienone is 1. The van der Waals surface area contributed by atoms with E-state index >= 15 is 0 Å². The minimum absolute atomic E-state index is 0.00253. The first-order valence-corrected chi connectivity index (χ1v) is 12.1. The van der Waals surface area contributed by atoms with Crippen molar-refractivity contribution in [2.24, 2.45) is 5.73 Å². The molecule has 5 rings (SSSR count). The Labute approximate surface area is 214 Å². The molecule has 2 N–H and O–H groups in total. The molecule has 4 aromatic rings. The van der Waals surface area contributed by atoms with Crippen LogP contribution in [-0.2, 0) is 0 Å². The molecular formula is C30H26N2O5. The van der Waals surface area contributed by atoms with Gasteiger partial charge in [-0.1, -0.05) is 43.3 Å². The molecule has 0 radical (unpaired) electrons. The van der Waals surface area contributed by atoms with E-state index in [1.54, 1.807) is 18.2 Å². The fraction of sp³-hybridized carbons (Fsp3) is 0.200. The maximum Gasteiger partial charge on any atom is 0.379 e. The number of para-hydroxylation sites is 1. The van der Waals surface area contributed by atoms with Gasteiger partial charge < -0.3 is 24.4 Å². The summed E-state index contributed by atoms with van der Waals surface area (Å²) in [4.78, 5) is 13.0. The van der Waals surface area contributed by atoms with Crippen LogP contribution in [0.3, 0.4) is 0 Å². The smallest absolute Gasteiger partial charge is 0.379 e. The summed E-state index contributed by atoms with van der Waals surface area (Å²) in [5.41, 5.74) is 10.4. The second kappa shape index (κ2) is 9.75. The van der Waals surface area contributed by atoms with Crippen LogP contribution in [-0.4, -0.2) is 12.6 Å². The molecule has 3 aromatic carbocycles. The van der Waals surface area contributed by atoms with E-state index in [4.69, 9.17) is 24.4 Å². The lowest BCUT2D eigenvalue weighted by atomic mass is 9.83. The van der Waals surface area contributed by atoms with Crippen molar-refractivity contribution in [2.45, 2.75) is 33.1 Å². The highest BCUT2D eigenvalue weighted by Gasteiger charge is 2.33. The Bertz CT molecular complexity index is 1590. The third-order valence-corrected chi connectivity index (χ3v) is 6.37. The van der Waals surface area contributed by atoms with Crippen molar-refractivity contribution in [3.8, 4) is 23.3 Å². The highest BCUT2D eigenvalue weighted by Crippen LogP contribution is 2.46. The quantitative estimate of drug-likeness (QED) is 0.248. The summed E-state index contributed by atoms with van der Waals surface area (Å²) in [6.45, 7) is 6.36. The van der Waals surface area contributed by atoms with Crippen LogP contribution in [0.4, 0.5) is 0 Å². The number of carbonyl (C=O) groups is 1. The van der Waals surface area contributed by atoms with Crippen molar-refractivity contribution in [1.82, 2.24) is 0 Å². The summed E-state index contributed by atoms with van der Waals surface area (Å²) in [5, 5.41) is 10.8. The minimum atomic E-state index is -0.613. The zero-order valence-corrected chi connectivity index (χ0v) is 20.8. The van der Waals surface area contributed by atoms with Crippen molar-refractivity contribution in [1.29, 1.82) is 5.26 Å². The predicted octanol–water partition coefficient (Wildman–Crippen LogP) is 6.28. The van der Waals surface area contributed by atoms with Crippen LogP contribution >= 0.6 is 0 Å². The molecule has 0 bridgehead atoms. The number of benzene rings is 3. The molecule has 1 atom stereocenters. The number of esters is 1. The van der Waals surface area contributed by atoms with E-state index in [1.165, 1.54) is 0 Å². The zero-order chi connectivity index (χ0) is 26.1. The number of rotatable bonds is 6. The molecule has 0 aliphatic carbocycles. The number of hydrogen-bond donors (Lipinski definition) is 1. The van der Waals surface area contributed by atoms with Crippen molar-refractivity contribution >= 4 is 16.9 Å². The lowest BCUT2D eigenvalue weighted by Gasteiger charge is -2.28. The van der Waals surface area contributed by atoms with Crippen molar-refractivity contribution in [3.05, 3.63) is 100 Å². The molecular weight excluding hydrogens is 468 g/mol. The van der Waals surface area contributed by atoms with Gasteiger partial charge in [-0.05, 0) is 44.0 Å². The number of furan rings is 1. The highest BCUT2D eigenvalue weighted by molar-refractivity contribution is 5.97. The highest BCUT2D eigenvalue weighted by atomic mass is 16.5. The number of nitrogens with zero attached hydrogens (tertiary/aromatic N) is 1. The van der Waals surface area contributed by atoms with E-state index < -0.39 is 11.9 Å². The summed E-state index contributed by atoms with van der Waals surface area (Å²) in [7, 11) is 0. The fourth-order valence-corrected chi connectivity index (χ4v) is 4.56. The van der Waals surface area contributed by atoms with Crippen LogP contribution in [0.25, 0.3) is 11.0 Å².